The molecule has 7 N–H and O–H groups in total. The van der Waals surface area contributed by atoms with Gasteiger partial charge >= 0.3 is 42.2 Å². The Balaban J connectivity index is 0.000000266. The minimum atomic E-state index is -0.893. The van der Waals surface area contributed by atoms with Crippen molar-refractivity contribution in [2.24, 2.45) is 5.73 Å². The van der Waals surface area contributed by atoms with Crippen molar-refractivity contribution in [1.82, 2.24) is 16.0 Å². The van der Waals surface area contributed by atoms with Gasteiger partial charge in [0, 0.05) is 25.9 Å². The molecule has 0 spiro atoms. The summed E-state index contributed by atoms with van der Waals surface area (Å²) in [5.74, 6) is 2.30. The van der Waals surface area contributed by atoms with E-state index >= 15 is 0 Å². The van der Waals surface area contributed by atoms with Crippen molar-refractivity contribution < 1.29 is 95.5 Å². The number of amides is 3. The van der Waals surface area contributed by atoms with E-state index in [1.165, 1.54) is 70.9 Å². The zero-order chi connectivity index (χ0) is 100. The normalized spacial score (nSPS) is 11.5. The summed E-state index contributed by atoms with van der Waals surface area (Å²) in [6, 6.07) is 97.5. The number of benzene rings is 12. The van der Waals surface area contributed by atoms with E-state index in [0.717, 1.165) is 65.4 Å². The van der Waals surface area contributed by atoms with Crippen LogP contribution in [0.1, 0.15) is 164 Å². The van der Waals surface area contributed by atoms with Crippen LogP contribution in [0.15, 0.2) is 315 Å². The summed E-state index contributed by atoms with van der Waals surface area (Å²) in [6.07, 6.45) is 2.68. The van der Waals surface area contributed by atoms with Crippen LogP contribution in [0.25, 0.3) is 0 Å². The molecule has 23 nitrogen and oxygen atoms in total. The van der Waals surface area contributed by atoms with Crippen molar-refractivity contribution in [1.29, 1.82) is 0 Å². The molecule has 0 fully saturated rings. The number of aliphatic hydroxyl groups excluding tert-OH is 1. The van der Waals surface area contributed by atoms with Crippen LogP contribution < -0.4 is 35.9 Å². The number of hydrogen-bond acceptors (Lipinski definition) is 20. The van der Waals surface area contributed by atoms with Gasteiger partial charge in [0.1, 0.15) is 87.0 Å². The van der Waals surface area contributed by atoms with Gasteiger partial charge in [-0.15, -0.1) is 0 Å². The highest BCUT2D eigenvalue weighted by atomic mass is 19.1. The molecular weight excluding hydrogens is 1740 g/mol. The molecule has 12 aromatic rings. The Morgan fingerprint density at radius 1 is 0.307 bits per heavy atom. The van der Waals surface area contributed by atoms with Crippen LogP contribution in [0.2, 0.25) is 0 Å². The Labute approximate surface area is 806 Å². The Hall–Kier alpha value is -14.6. The number of methoxy groups -OCH3 is 2. The molecule has 0 saturated heterocycles. The average Bonchev–Trinajstić information content (AvgIpc) is 0.851. The predicted octanol–water partition coefficient (Wildman–Crippen LogP) is 22.7. The summed E-state index contributed by atoms with van der Waals surface area (Å²) in [4.78, 5) is 83.9. The minimum absolute atomic E-state index is 0.187. The van der Waals surface area contributed by atoms with E-state index in [1.54, 1.807) is 107 Å². The fraction of sp³-hybridized carbons (Fsp3) is 0.301. The number of esters is 4. The van der Waals surface area contributed by atoms with Crippen molar-refractivity contribution >= 4 is 42.2 Å². The van der Waals surface area contributed by atoms with Gasteiger partial charge in [-0.3, -0.25) is 4.79 Å². The van der Waals surface area contributed by atoms with Gasteiger partial charge in [0.2, 0.25) is 0 Å². The first-order valence-corrected chi connectivity index (χ1v) is 45.6. The van der Waals surface area contributed by atoms with Gasteiger partial charge in [0.25, 0.3) is 0 Å². The Morgan fingerprint density at radius 3 is 0.745 bits per heavy atom. The fourth-order valence-corrected chi connectivity index (χ4v) is 12.8. The molecule has 0 aliphatic carbocycles. The molecule has 0 radical (unpaired) electrons. The monoisotopic (exact) mass is 1870 g/mol. The lowest BCUT2D eigenvalue weighted by molar-refractivity contribution is -0.146. The van der Waals surface area contributed by atoms with Crippen molar-refractivity contribution in [2.45, 2.75) is 189 Å². The number of carbonyl (C=O) groups is 7. The molecular formula is C113H133FN4O19. The van der Waals surface area contributed by atoms with Crippen LogP contribution in [0.4, 0.5) is 18.8 Å². The molecule has 24 heteroatoms. The second kappa shape index (κ2) is 59.2. The van der Waals surface area contributed by atoms with E-state index in [1.807, 2.05) is 196 Å². The molecule has 4 unspecified atom stereocenters. The maximum absolute atomic E-state index is 12.9. The lowest BCUT2D eigenvalue weighted by atomic mass is 10.1. The van der Waals surface area contributed by atoms with E-state index in [2.05, 4.69) is 118 Å². The summed E-state index contributed by atoms with van der Waals surface area (Å²) in [6.45, 7) is 25.7. The SMILES string of the molecule is CC.CCO.CCOC(=O)C(Cc1ccc(Oc2ccc(Cc3ccccc3)cc2)cc1)NC(=O)OC(C)(C)C.CCOC(=O)C(N)Cc1ccc(Oc2ccc(Cc3ccccc3)cc2)cc1.COC(=O)C(Cc1ccc(F)cc1)NC(=O)OC(C)(C)C.COC(=O)C(Cc1ccc(Oc2ccc(Cc3ccccc3)cc2)cc1)NC(=O)OC(C)(C)C.Oc1ccc(Cc2ccccc2)cc1. The number of alkyl carbamates (subject to hydrolysis) is 3. The number of carbonyl (C=O) groups excluding carboxylic acids is 7. The number of phenols is 1. The summed E-state index contributed by atoms with van der Waals surface area (Å²) in [7, 11) is 2.52. The third-order valence-corrected chi connectivity index (χ3v) is 19.1. The maximum Gasteiger partial charge on any atom is 0.408 e. The highest BCUT2D eigenvalue weighted by Crippen LogP contribution is 2.29. The lowest BCUT2D eigenvalue weighted by Crippen LogP contribution is -2.45. The first kappa shape index (κ1) is 111. The molecule has 137 heavy (non-hydrogen) atoms. The van der Waals surface area contributed by atoms with E-state index < -0.39 is 77.2 Å². The highest BCUT2D eigenvalue weighted by Gasteiger charge is 2.29. The first-order chi connectivity index (χ1) is 65.5. The predicted molar refractivity (Wildman–Crippen MR) is 534 cm³/mol. The molecule has 0 heterocycles. The van der Waals surface area contributed by atoms with E-state index in [0.29, 0.717) is 35.8 Å². The van der Waals surface area contributed by atoms with Gasteiger partial charge in [-0.2, -0.15) is 0 Å². The summed E-state index contributed by atoms with van der Waals surface area (Å²) < 4.78 is 65.9. The quantitative estimate of drug-likeness (QED) is 0.0174. The van der Waals surface area contributed by atoms with E-state index in [4.69, 9.17) is 58.6 Å². The second-order valence-electron chi connectivity index (χ2n) is 34.0. The van der Waals surface area contributed by atoms with Gasteiger partial charge in [-0.05, 0) is 279 Å². The highest BCUT2D eigenvalue weighted by molar-refractivity contribution is 5.83. The molecule has 0 saturated carbocycles. The van der Waals surface area contributed by atoms with Crippen molar-refractivity contribution in [2.75, 3.05) is 34.0 Å². The van der Waals surface area contributed by atoms with Crippen LogP contribution in [-0.2, 0) is 104 Å². The van der Waals surface area contributed by atoms with E-state index in [9.17, 15) is 38.0 Å². The Kier molecular flexibility index (Phi) is 48.0. The minimum Gasteiger partial charge on any atom is -0.508 e. The first-order valence-electron chi connectivity index (χ1n) is 45.6. The number of phenolic OH excluding ortho intramolecular Hbond substituents is 1. The van der Waals surface area contributed by atoms with Crippen LogP contribution in [0.3, 0.4) is 0 Å². The number of aromatic hydroxyl groups is 1. The zero-order valence-electron chi connectivity index (χ0n) is 81.4. The van der Waals surface area contributed by atoms with Gasteiger partial charge in [-0.1, -0.05) is 232 Å². The van der Waals surface area contributed by atoms with Gasteiger partial charge in [0.15, 0.2) is 0 Å². The van der Waals surface area contributed by atoms with Crippen molar-refractivity contribution in [3.8, 4) is 40.2 Å². The van der Waals surface area contributed by atoms with Crippen LogP contribution in [-0.4, -0.2) is 127 Å². The standard InChI is InChI=1S/C29H33NO5.C28H31NO5.C24H25NO3.C15H20FNO4.C13H12O.C2H6O.C2H6/c1-5-33-27(31)26(30-28(32)35-29(2,3)4)20-23-13-17-25(18-14-23)34-24-15-11-22(12-16-24)19-21-9-7-6-8-10-21;1-28(2,3)34-27(31)29-25(26(30)32-4)19-22-12-16-24(17-13-22)33-23-14-10-21(11-15-23)18-20-8-6-5-7-9-20;1-2-27-24(26)23(25)17-20-10-14-22(15-11-20)28-21-12-8-19(9-13-21)16-18-6-4-3-5-7-18;1-15(2,3)21-14(19)17-12(13(18)20-4)9-10-5-7-11(16)8-6-10;14-13-8-6-12(7-9-13)10-11-4-2-1-3-5-11;1-2-3;1-2/h6-18,26H,5,19-20H2,1-4H3,(H,30,32);5-17,25H,18-19H2,1-4H3,(H,29,31);3-15,23H,2,16-17,25H2,1H3;5-8,12H,9H2,1-4H3,(H,17,19);1-9,14H,10H2;3H,2H2,1H3;1-2H3. The van der Waals surface area contributed by atoms with Crippen LogP contribution in [0, 0.1) is 5.82 Å². The van der Waals surface area contributed by atoms with Gasteiger partial charge in [-0.25, -0.2) is 33.2 Å². The molecule has 0 aromatic heterocycles. The third kappa shape index (κ3) is 45.8. The topological polar surface area (TPSA) is 314 Å². The molecule has 0 aliphatic rings. The largest absolute Gasteiger partial charge is 0.508 e. The second-order valence-corrected chi connectivity index (χ2v) is 34.0. The van der Waals surface area contributed by atoms with Crippen LogP contribution in [0.5, 0.6) is 40.2 Å². The zero-order valence-corrected chi connectivity index (χ0v) is 81.4. The molecule has 12 aromatic carbocycles. The van der Waals surface area contributed by atoms with Crippen molar-refractivity contribution in [3.63, 3.8) is 0 Å². The van der Waals surface area contributed by atoms with E-state index in [-0.39, 0.29) is 44.3 Å². The molecule has 726 valence electrons. The summed E-state index contributed by atoms with van der Waals surface area (Å²) in [5, 5.41) is 24.3. The summed E-state index contributed by atoms with van der Waals surface area (Å²) in [5.41, 5.74) is 17.2. The number of hydrogen-bond donors (Lipinski definition) is 6. The number of rotatable bonds is 31. The number of halogens is 1. The van der Waals surface area contributed by atoms with Crippen molar-refractivity contribution in [3.05, 3.63) is 388 Å². The number of aliphatic hydroxyl groups is 1. The number of ether oxygens (including phenoxy) is 10. The molecule has 3 amide bonds. The van der Waals surface area contributed by atoms with Crippen LogP contribution >= 0.6 is 0 Å². The molecule has 0 aliphatic heterocycles. The molecule has 0 bridgehead atoms. The third-order valence-electron chi connectivity index (χ3n) is 19.1. The molecule has 4 atom stereocenters. The fourth-order valence-electron chi connectivity index (χ4n) is 12.8. The lowest BCUT2D eigenvalue weighted by Gasteiger charge is -2.23. The number of nitrogens with two attached hydrogens (primary N) is 1. The molecule has 12 rings (SSSR count). The Morgan fingerprint density at radius 2 is 0.511 bits per heavy atom. The average molecular weight is 1870 g/mol. The summed E-state index contributed by atoms with van der Waals surface area (Å²) >= 11 is 0. The smallest absolute Gasteiger partial charge is 0.408 e. The van der Waals surface area contributed by atoms with Gasteiger partial charge < -0.3 is 79.3 Å². The maximum atomic E-state index is 12.9. The number of nitrogens with one attached hydrogen (secondary N) is 3. The Bertz CT molecular complexity index is 5490. The van der Waals surface area contributed by atoms with Gasteiger partial charge in [0.05, 0.1) is 27.4 Å².